The van der Waals surface area contributed by atoms with Gasteiger partial charge in [0, 0.05) is 0 Å². The summed E-state index contributed by atoms with van der Waals surface area (Å²) in [4.78, 5) is 11.9. The predicted octanol–water partition coefficient (Wildman–Crippen LogP) is 2.68. The lowest BCUT2D eigenvalue weighted by Crippen LogP contribution is -2.23. The summed E-state index contributed by atoms with van der Waals surface area (Å²) in [7, 11) is 0. The fourth-order valence-electron chi connectivity index (χ4n) is 2.06. The van der Waals surface area contributed by atoms with Gasteiger partial charge >= 0.3 is 5.97 Å². The lowest BCUT2D eigenvalue weighted by atomic mass is 9.96. The zero-order valence-corrected chi connectivity index (χ0v) is 10.4. The Kier molecular flexibility index (Phi) is 3.36. The van der Waals surface area contributed by atoms with Gasteiger partial charge < -0.3 is 9.47 Å². The molecule has 1 saturated carbocycles. The van der Waals surface area contributed by atoms with E-state index in [0.717, 1.165) is 24.2 Å². The minimum Gasteiger partial charge on any atom is -0.494 e. The number of rotatable bonds is 5. The molecule has 0 amide bonds. The van der Waals surface area contributed by atoms with Gasteiger partial charge in [-0.15, -0.1) is 0 Å². The number of benzene rings is 1. The van der Waals surface area contributed by atoms with Crippen LogP contribution in [0.4, 0.5) is 0 Å². The van der Waals surface area contributed by atoms with Crippen LogP contribution in [0, 0.1) is 0 Å². The first-order valence-corrected chi connectivity index (χ1v) is 6.13. The van der Waals surface area contributed by atoms with Crippen molar-refractivity contribution in [2.75, 3.05) is 13.2 Å². The maximum atomic E-state index is 11.9. The molecular formula is C14H18O3. The molecule has 0 saturated heterocycles. The molecule has 0 atom stereocenters. The Balaban J connectivity index is 2.21. The number of carbonyl (C=O) groups excluding carboxylic acids is 1. The number of hydrogen-bond acceptors (Lipinski definition) is 3. The molecule has 3 nitrogen and oxygen atoms in total. The van der Waals surface area contributed by atoms with Crippen molar-refractivity contribution in [3.8, 4) is 5.75 Å². The third-order valence-electron chi connectivity index (χ3n) is 3.11. The van der Waals surface area contributed by atoms with Crippen LogP contribution in [0.1, 0.15) is 32.3 Å². The van der Waals surface area contributed by atoms with Gasteiger partial charge in [0.15, 0.2) is 0 Å². The van der Waals surface area contributed by atoms with E-state index < -0.39 is 5.41 Å². The lowest BCUT2D eigenvalue weighted by Gasteiger charge is -2.15. The number of ether oxygens (including phenoxy) is 2. The summed E-state index contributed by atoms with van der Waals surface area (Å²) >= 11 is 0. The Morgan fingerprint density at radius 3 is 2.65 bits per heavy atom. The monoisotopic (exact) mass is 234 g/mol. The summed E-state index contributed by atoms with van der Waals surface area (Å²) in [6.45, 7) is 4.86. The van der Waals surface area contributed by atoms with Crippen molar-refractivity contribution in [3.05, 3.63) is 29.8 Å². The summed E-state index contributed by atoms with van der Waals surface area (Å²) in [5.41, 5.74) is 0.616. The average Bonchev–Trinajstić information content (AvgIpc) is 3.11. The van der Waals surface area contributed by atoms with Gasteiger partial charge in [-0.3, -0.25) is 4.79 Å². The highest BCUT2D eigenvalue weighted by atomic mass is 16.5. The summed E-state index contributed by atoms with van der Waals surface area (Å²) in [5.74, 6) is 0.717. The van der Waals surface area contributed by atoms with Crippen LogP contribution in [0.25, 0.3) is 0 Å². The zero-order valence-electron chi connectivity index (χ0n) is 10.4. The third kappa shape index (κ3) is 2.28. The normalized spacial score (nSPS) is 16.4. The summed E-state index contributed by atoms with van der Waals surface area (Å²) < 4.78 is 10.6. The van der Waals surface area contributed by atoms with Crippen LogP contribution in [0.3, 0.4) is 0 Å². The van der Waals surface area contributed by atoms with E-state index in [1.807, 2.05) is 38.1 Å². The van der Waals surface area contributed by atoms with Gasteiger partial charge in [-0.1, -0.05) is 12.1 Å². The van der Waals surface area contributed by atoms with E-state index in [1.54, 1.807) is 0 Å². The topological polar surface area (TPSA) is 35.5 Å². The van der Waals surface area contributed by atoms with Gasteiger partial charge in [0.2, 0.25) is 0 Å². The highest BCUT2D eigenvalue weighted by Crippen LogP contribution is 2.49. The third-order valence-corrected chi connectivity index (χ3v) is 3.11. The van der Waals surface area contributed by atoms with E-state index >= 15 is 0 Å². The van der Waals surface area contributed by atoms with E-state index in [0.29, 0.717) is 13.2 Å². The molecule has 0 aromatic heterocycles. The zero-order chi connectivity index (χ0) is 12.3. The molecule has 0 aliphatic heterocycles. The first-order chi connectivity index (χ1) is 8.23. The summed E-state index contributed by atoms with van der Waals surface area (Å²) in [6.07, 6.45) is 1.75. The Labute approximate surface area is 102 Å². The van der Waals surface area contributed by atoms with Gasteiger partial charge in [0.25, 0.3) is 0 Å². The minimum absolute atomic E-state index is 0.103. The van der Waals surface area contributed by atoms with Gasteiger partial charge in [0.05, 0.1) is 18.6 Å². The van der Waals surface area contributed by atoms with Crippen LogP contribution in [-0.2, 0) is 14.9 Å². The Hall–Kier alpha value is -1.51. The van der Waals surface area contributed by atoms with E-state index in [4.69, 9.17) is 9.47 Å². The average molecular weight is 234 g/mol. The molecule has 1 aliphatic rings. The second-order valence-corrected chi connectivity index (χ2v) is 4.26. The quantitative estimate of drug-likeness (QED) is 0.735. The van der Waals surface area contributed by atoms with Gasteiger partial charge in [-0.05, 0) is 44.4 Å². The fourth-order valence-corrected chi connectivity index (χ4v) is 2.06. The van der Waals surface area contributed by atoms with E-state index in [9.17, 15) is 4.79 Å². The largest absolute Gasteiger partial charge is 0.494 e. The molecule has 17 heavy (non-hydrogen) atoms. The minimum atomic E-state index is -0.400. The van der Waals surface area contributed by atoms with Crippen molar-refractivity contribution >= 4 is 5.97 Å². The highest BCUT2D eigenvalue weighted by Gasteiger charge is 2.52. The fraction of sp³-hybridized carbons (Fsp3) is 0.500. The van der Waals surface area contributed by atoms with Crippen LogP contribution in [0.2, 0.25) is 0 Å². The molecule has 0 spiro atoms. The lowest BCUT2D eigenvalue weighted by molar-refractivity contribution is -0.146. The molecule has 0 N–H and O–H groups in total. The molecule has 1 aromatic rings. The smallest absolute Gasteiger partial charge is 0.316 e. The predicted molar refractivity (Wildman–Crippen MR) is 65.2 cm³/mol. The van der Waals surface area contributed by atoms with Gasteiger partial charge in [0.1, 0.15) is 5.75 Å². The van der Waals surface area contributed by atoms with Crippen LogP contribution in [0.5, 0.6) is 5.75 Å². The molecule has 1 aliphatic carbocycles. The summed E-state index contributed by atoms with van der Waals surface area (Å²) in [6, 6.07) is 7.77. The van der Waals surface area contributed by atoms with E-state index in [2.05, 4.69) is 0 Å². The van der Waals surface area contributed by atoms with Crippen LogP contribution < -0.4 is 4.74 Å². The first kappa shape index (κ1) is 12.0. The molecule has 1 aromatic carbocycles. The Bertz CT molecular complexity index is 408. The van der Waals surface area contributed by atoms with Crippen molar-refractivity contribution < 1.29 is 14.3 Å². The second-order valence-electron chi connectivity index (χ2n) is 4.26. The van der Waals surface area contributed by atoms with Gasteiger partial charge in [-0.2, -0.15) is 0 Å². The van der Waals surface area contributed by atoms with Crippen molar-refractivity contribution in [2.45, 2.75) is 32.1 Å². The van der Waals surface area contributed by atoms with Crippen LogP contribution >= 0.6 is 0 Å². The molecule has 0 heterocycles. The van der Waals surface area contributed by atoms with Gasteiger partial charge in [-0.25, -0.2) is 0 Å². The van der Waals surface area contributed by atoms with Crippen molar-refractivity contribution in [1.82, 2.24) is 0 Å². The molecule has 1 fully saturated rings. The SMILES string of the molecule is CCOC(=O)C1(c2cccc(OCC)c2)CC1. The van der Waals surface area contributed by atoms with E-state index in [1.165, 1.54) is 0 Å². The number of esters is 1. The molecule has 2 rings (SSSR count). The van der Waals surface area contributed by atoms with E-state index in [-0.39, 0.29) is 5.97 Å². The second kappa shape index (κ2) is 4.78. The van der Waals surface area contributed by atoms with Crippen LogP contribution in [0.15, 0.2) is 24.3 Å². The maximum Gasteiger partial charge on any atom is 0.316 e. The molecule has 0 radical (unpaired) electrons. The molecule has 3 heteroatoms. The number of carbonyl (C=O) groups is 1. The molecular weight excluding hydrogens is 216 g/mol. The Morgan fingerprint density at radius 1 is 1.29 bits per heavy atom. The summed E-state index contributed by atoms with van der Waals surface area (Å²) in [5, 5.41) is 0. The van der Waals surface area contributed by atoms with Crippen molar-refractivity contribution in [3.63, 3.8) is 0 Å². The standard InChI is InChI=1S/C14H18O3/c1-3-16-12-7-5-6-11(10-12)14(8-9-14)13(15)17-4-2/h5-7,10H,3-4,8-9H2,1-2H3. The molecule has 92 valence electrons. The highest BCUT2D eigenvalue weighted by molar-refractivity contribution is 5.86. The van der Waals surface area contributed by atoms with Crippen molar-refractivity contribution in [2.24, 2.45) is 0 Å². The Morgan fingerprint density at radius 2 is 2.06 bits per heavy atom. The maximum absolute atomic E-state index is 11.9. The first-order valence-electron chi connectivity index (χ1n) is 6.13. The molecule has 0 bridgehead atoms. The van der Waals surface area contributed by atoms with Crippen molar-refractivity contribution in [1.29, 1.82) is 0 Å². The molecule has 0 unspecified atom stereocenters. The van der Waals surface area contributed by atoms with Crippen LogP contribution in [-0.4, -0.2) is 19.2 Å². The number of hydrogen-bond donors (Lipinski definition) is 0.